The first-order valence-corrected chi connectivity index (χ1v) is 9.17. The van der Waals surface area contributed by atoms with E-state index >= 15 is 0 Å². The number of hydrogen-bond donors (Lipinski definition) is 0. The lowest BCUT2D eigenvalue weighted by molar-refractivity contribution is -0.142. The van der Waals surface area contributed by atoms with Gasteiger partial charge < -0.3 is 4.74 Å². The summed E-state index contributed by atoms with van der Waals surface area (Å²) in [5.74, 6) is 1.81. The Balaban J connectivity index is 1.31. The fourth-order valence-electron chi connectivity index (χ4n) is 2.91. The van der Waals surface area contributed by atoms with Crippen LogP contribution in [0.2, 0.25) is 0 Å². The zero-order valence-corrected chi connectivity index (χ0v) is 13.5. The molecule has 2 rings (SSSR count). The highest BCUT2D eigenvalue weighted by Crippen LogP contribution is 2.34. The molecule has 2 heteroatoms. The van der Waals surface area contributed by atoms with Gasteiger partial charge in [-0.05, 0) is 31.1 Å². The second-order valence-electron chi connectivity index (χ2n) is 6.91. The van der Waals surface area contributed by atoms with Crippen LogP contribution in [0.4, 0.5) is 0 Å². The number of rotatable bonds is 12. The van der Waals surface area contributed by atoms with Gasteiger partial charge in [-0.3, -0.25) is 4.79 Å². The van der Waals surface area contributed by atoms with Crippen molar-refractivity contribution in [3.8, 4) is 0 Å². The van der Waals surface area contributed by atoms with E-state index in [0.717, 1.165) is 18.3 Å². The first-order valence-electron chi connectivity index (χ1n) is 9.17. The Morgan fingerprint density at radius 2 is 1.67 bits per heavy atom. The minimum absolute atomic E-state index is 0.0259. The van der Waals surface area contributed by atoms with Crippen LogP contribution in [0.25, 0.3) is 0 Å². The van der Waals surface area contributed by atoms with Crippen molar-refractivity contribution in [2.45, 2.75) is 83.5 Å². The third-order valence-corrected chi connectivity index (χ3v) is 4.84. The summed E-state index contributed by atoms with van der Waals surface area (Å²) in [6.07, 6.45) is 20.8. The van der Waals surface area contributed by atoms with E-state index in [1.54, 1.807) is 0 Å². The van der Waals surface area contributed by atoms with Gasteiger partial charge in [0.2, 0.25) is 0 Å². The number of allylic oxidation sites excluding steroid dienone is 1. The first-order chi connectivity index (χ1) is 10.3. The SMILES string of the molecule is O=C(CCCCCCCCC1CC1)OCC=CC1CCC1. The van der Waals surface area contributed by atoms with Crippen molar-refractivity contribution in [1.82, 2.24) is 0 Å². The average Bonchev–Trinajstić information content (AvgIpc) is 3.23. The summed E-state index contributed by atoms with van der Waals surface area (Å²) >= 11 is 0. The molecule has 0 aliphatic heterocycles. The van der Waals surface area contributed by atoms with Gasteiger partial charge in [-0.1, -0.05) is 69.9 Å². The number of unbranched alkanes of at least 4 members (excludes halogenated alkanes) is 5. The fraction of sp³-hybridized carbons (Fsp3) is 0.842. The van der Waals surface area contributed by atoms with Gasteiger partial charge in [0.05, 0.1) is 0 Å². The third-order valence-electron chi connectivity index (χ3n) is 4.84. The molecule has 0 radical (unpaired) electrons. The van der Waals surface area contributed by atoms with Gasteiger partial charge in [-0.2, -0.15) is 0 Å². The number of hydrogen-bond acceptors (Lipinski definition) is 2. The van der Waals surface area contributed by atoms with E-state index in [4.69, 9.17) is 4.74 Å². The molecule has 2 nitrogen and oxygen atoms in total. The molecular weight excluding hydrogens is 260 g/mol. The number of ether oxygens (including phenoxy) is 1. The van der Waals surface area contributed by atoms with Crippen molar-refractivity contribution >= 4 is 5.97 Å². The summed E-state index contributed by atoms with van der Waals surface area (Å²) in [7, 11) is 0. The summed E-state index contributed by atoms with van der Waals surface area (Å²) in [6, 6.07) is 0. The molecule has 2 saturated carbocycles. The Kier molecular flexibility index (Phi) is 7.91. The van der Waals surface area contributed by atoms with Crippen LogP contribution in [-0.4, -0.2) is 12.6 Å². The second-order valence-corrected chi connectivity index (χ2v) is 6.91. The standard InChI is InChI=1S/C19H32O2/c20-19(21-16-8-12-17-10-7-11-17)13-6-4-2-1-3-5-9-18-14-15-18/h8,12,17-18H,1-7,9-11,13-16H2. The van der Waals surface area contributed by atoms with E-state index in [1.807, 2.05) is 6.08 Å². The molecule has 0 aromatic carbocycles. The Hall–Kier alpha value is -0.790. The Labute approximate surface area is 130 Å². The quantitative estimate of drug-likeness (QED) is 0.273. The van der Waals surface area contributed by atoms with Crippen LogP contribution in [0.15, 0.2) is 12.2 Å². The third kappa shape index (κ3) is 8.28. The highest BCUT2D eigenvalue weighted by molar-refractivity contribution is 5.69. The Morgan fingerprint density at radius 1 is 0.952 bits per heavy atom. The van der Waals surface area contributed by atoms with Gasteiger partial charge in [-0.25, -0.2) is 0 Å². The molecule has 0 aromatic heterocycles. The van der Waals surface area contributed by atoms with Crippen molar-refractivity contribution in [2.75, 3.05) is 6.61 Å². The molecule has 2 aliphatic rings. The lowest BCUT2D eigenvalue weighted by Gasteiger charge is -2.21. The average molecular weight is 292 g/mol. The van der Waals surface area contributed by atoms with Gasteiger partial charge >= 0.3 is 5.97 Å². The predicted molar refractivity (Wildman–Crippen MR) is 87.1 cm³/mol. The second kappa shape index (κ2) is 10.0. The maximum Gasteiger partial charge on any atom is 0.306 e. The molecule has 0 aromatic rings. The van der Waals surface area contributed by atoms with Gasteiger partial charge in [0.25, 0.3) is 0 Å². The lowest BCUT2D eigenvalue weighted by Crippen LogP contribution is -2.08. The van der Waals surface area contributed by atoms with Gasteiger partial charge in [0.15, 0.2) is 0 Å². The van der Waals surface area contributed by atoms with Crippen LogP contribution >= 0.6 is 0 Å². The topological polar surface area (TPSA) is 26.3 Å². The molecule has 0 spiro atoms. The zero-order chi connectivity index (χ0) is 14.8. The normalized spacial score (nSPS) is 18.9. The number of carbonyl (C=O) groups is 1. The van der Waals surface area contributed by atoms with Crippen LogP contribution in [0.3, 0.4) is 0 Å². The van der Waals surface area contributed by atoms with Crippen molar-refractivity contribution in [1.29, 1.82) is 0 Å². The summed E-state index contributed by atoms with van der Waals surface area (Å²) in [4.78, 5) is 11.5. The van der Waals surface area contributed by atoms with Crippen molar-refractivity contribution in [3.05, 3.63) is 12.2 Å². The van der Waals surface area contributed by atoms with E-state index in [1.165, 1.54) is 70.6 Å². The van der Waals surface area contributed by atoms with Crippen LogP contribution in [0.5, 0.6) is 0 Å². The van der Waals surface area contributed by atoms with Crippen LogP contribution in [0.1, 0.15) is 83.5 Å². The minimum Gasteiger partial charge on any atom is -0.461 e. The van der Waals surface area contributed by atoms with Crippen molar-refractivity contribution in [2.24, 2.45) is 11.8 Å². The lowest BCUT2D eigenvalue weighted by atomic mass is 9.85. The molecular formula is C19H32O2. The molecule has 21 heavy (non-hydrogen) atoms. The van der Waals surface area contributed by atoms with Crippen LogP contribution in [-0.2, 0) is 9.53 Å². The molecule has 0 unspecified atom stereocenters. The van der Waals surface area contributed by atoms with Gasteiger partial charge in [0.1, 0.15) is 6.61 Å². The molecule has 0 bridgehead atoms. The molecule has 2 aliphatic carbocycles. The molecule has 0 saturated heterocycles. The fourth-order valence-corrected chi connectivity index (χ4v) is 2.91. The predicted octanol–water partition coefficient (Wildman–Crippen LogP) is 5.42. The Morgan fingerprint density at radius 3 is 2.33 bits per heavy atom. The molecule has 0 atom stereocenters. The smallest absolute Gasteiger partial charge is 0.306 e. The van der Waals surface area contributed by atoms with Crippen LogP contribution < -0.4 is 0 Å². The minimum atomic E-state index is -0.0259. The maximum absolute atomic E-state index is 11.5. The Bertz CT molecular complexity index is 314. The summed E-state index contributed by atoms with van der Waals surface area (Å²) in [6.45, 7) is 0.469. The zero-order valence-electron chi connectivity index (χ0n) is 13.5. The molecule has 0 amide bonds. The molecule has 0 N–H and O–H groups in total. The molecule has 120 valence electrons. The maximum atomic E-state index is 11.5. The van der Waals surface area contributed by atoms with E-state index in [2.05, 4.69) is 6.08 Å². The molecule has 0 heterocycles. The van der Waals surface area contributed by atoms with E-state index in [-0.39, 0.29) is 5.97 Å². The van der Waals surface area contributed by atoms with E-state index in [9.17, 15) is 4.79 Å². The highest BCUT2D eigenvalue weighted by atomic mass is 16.5. The summed E-state index contributed by atoms with van der Waals surface area (Å²) < 4.78 is 5.21. The highest BCUT2D eigenvalue weighted by Gasteiger charge is 2.19. The van der Waals surface area contributed by atoms with E-state index < -0.39 is 0 Å². The molecule has 2 fully saturated rings. The van der Waals surface area contributed by atoms with Crippen molar-refractivity contribution in [3.63, 3.8) is 0 Å². The first kappa shape index (κ1) is 16.6. The number of esters is 1. The number of carbonyl (C=O) groups excluding carboxylic acids is 1. The van der Waals surface area contributed by atoms with E-state index in [0.29, 0.717) is 13.0 Å². The monoisotopic (exact) mass is 292 g/mol. The van der Waals surface area contributed by atoms with Crippen molar-refractivity contribution < 1.29 is 9.53 Å². The summed E-state index contributed by atoms with van der Waals surface area (Å²) in [5, 5.41) is 0. The van der Waals surface area contributed by atoms with Crippen LogP contribution in [0, 0.1) is 11.8 Å². The largest absolute Gasteiger partial charge is 0.461 e. The van der Waals surface area contributed by atoms with Gasteiger partial charge in [0, 0.05) is 6.42 Å². The summed E-state index contributed by atoms with van der Waals surface area (Å²) in [5.41, 5.74) is 0. The van der Waals surface area contributed by atoms with Gasteiger partial charge in [-0.15, -0.1) is 0 Å².